The van der Waals surface area contributed by atoms with Gasteiger partial charge >= 0.3 is 30.3 Å². The van der Waals surface area contributed by atoms with E-state index >= 15 is 0 Å². The molecule has 2 heterocycles. The number of aliphatic hydroxyl groups is 2. The first kappa shape index (κ1) is 52.7. The molecule has 0 aromatic rings. The molecule has 6 N–H and O–H groups in total. The second-order valence-electron chi connectivity index (χ2n) is 20.2. The van der Waals surface area contributed by atoms with Crippen LogP contribution in [0.25, 0.3) is 0 Å². The minimum atomic E-state index is -1.57. The van der Waals surface area contributed by atoms with Gasteiger partial charge in [-0.2, -0.15) is 0 Å². The molecular formula is C42H74N4O16. The predicted octanol–water partition coefficient (Wildman–Crippen LogP) is 4.29. The van der Waals surface area contributed by atoms with Gasteiger partial charge in [0, 0.05) is 13.5 Å². The van der Waals surface area contributed by atoms with E-state index in [9.17, 15) is 34.2 Å². The SMILES string of the molecule is CCC1O[C@H](O[C@@H]2C(O)C(O[C@H]3OC(CNC(=O)OC(C)(C)C)CCC3NC(=O)OC(C)(C)C)[C@@H](NC(=O)OC(C)(C)C)C[C@H]2C)C(OC(C)=O)[C@@H](NC(=O)OC(C)(C)C)[C@@H]1O. The number of ether oxygens (including phenoxy) is 9. The Morgan fingerprint density at radius 2 is 1.10 bits per heavy atom. The van der Waals surface area contributed by atoms with Crippen LogP contribution in [0.3, 0.4) is 0 Å². The molecule has 3 rings (SSSR count). The van der Waals surface area contributed by atoms with Crippen LogP contribution in [0.1, 0.15) is 130 Å². The number of hydrogen-bond acceptors (Lipinski definition) is 16. The van der Waals surface area contributed by atoms with Gasteiger partial charge in [-0.25, -0.2) is 19.2 Å². The lowest BCUT2D eigenvalue weighted by Gasteiger charge is -2.49. The summed E-state index contributed by atoms with van der Waals surface area (Å²) < 4.78 is 53.3. The summed E-state index contributed by atoms with van der Waals surface area (Å²) in [6, 6.07) is -3.02. The highest BCUT2D eigenvalue weighted by Crippen LogP contribution is 2.36. The number of amides is 4. The van der Waals surface area contributed by atoms with Gasteiger partial charge in [0.05, 0.1) is 30.4 Å². The van der Waals surface area contributed by atoms with Crippen molar-refractivity contribution in [1.29, 1.82) is 0 Å². The van der Waals surface area contributed by atoms with E-state index in [0.717, 1.165) is 6.92 Å². The molecule has 0 bridgehead atoms. The third kappa shape index (κ3) is 17.1. The van der Waals surface area contributed by atoms with Crippen molar-refractivity contribution in [3.8, 4) is 0 Å². The van der Waals surface area contributed by atoms with Gasteiger partial charge in [-0.1, -0.05) is 13.8 Å². The van der Waals surface area contributed by atoms with E-state index in [1.165, 1.54) is 0 Å². The van der Waals surface area contributed by atoms with E-state index in [1.807, 2.05) is 0 Å². The van der Waals surface area contributed by atoms with Crippen molar-refractivity contribution in [2.75, 3.05) is 6.54 Å². The summed E-state index contributed by atoms with van der Waals surface area (Å²) >= 11 is 0. The van der Waals surface area contributed by atoms with Crippen molar-refractivity contribution < 1.29 is 76.8 Å². The zero-order valence-electron chi connectivity index (χ0n) is 39.2. The molecule has 0 spiro atoms. The second-order valence-corrected chi connectivity index (χ2v) is 20.2. The highest BCUT2D eigenvalue weighted by molar-refractivity contribution is 5.70. The number of alkyl carbamates (subject to hydrolysis) is 4. The summed E-state index contributed by atoms with van der Waals surface area (Å²) in [7, 11) is 0. The Hall–Kier alpha value is -3.69. The number of carbonyl (C=O) groups excluding carboxylic acids is 5. The molecule has 6 unspecified atom stereocenters. The topological polar surface area (TPSA) is 257 Å². The average molecular weight is 891 g/mol. The van der Waals surface area contributed by atoms with E-state index in [4.69, 9.17) is 42.6 Å². The van der Waals surface area contributed by atoms with E-state index in [1.54, 1.807) is 96.9 Å². The van der Waals surface area contributed by atoms with Gasteiger partial charge in [0.2, 0.25) is 0 Å². The smallest absolute Gasteiger partial charge is 0.408 e. The molecule has 3 fully saturated rings. The van der Waals surface area contributed by atoms with Crippen molar-refractivity contribution in [2.45, 2.75) is 225 Å². The van der Waals surface area contributed by atoms with Gasteiger partial charge < -0.3 is 74.1 Å². The number of carbonyl (C=O) groups is 5. The molecule has 4 amide bonds. The molecule has 20 heteroatoms. The lowest BCUT2D eigenvalue weighted by atomic mass is 9.80. The van der Waals surface area contributed by atoms with Gasteiger partial charge in [-0.3, -0.25) is 4.79 Å². The van der Waals surface area contributed by atoms with Crippen molar-refractivity contribution in [3.63, 3.8) is 0 Å². The monoisotopic (exact) mass is 891 g/mol. The molecule has 20 nitrogen and oxygen atoms in total. The molecule has 0 aromatic heterocycles. The maximum absolute atomic E-state index is 13.3. The summed E-state index contributed by atoms with van der Waals surface area (Å²) in [4.78, 5) is 64.5. The van der Waals surface area contributed by atoms with Crippen LogP contribution in [0.4, 0.5) is 19.2 Å². The lowest BCUT2D eigenvalue weighted by Crippen LogP contribution is -2.68. The van der Waals surface area contributed by atoms with Crippen molar-refractivity contribution in [1.82, 2.24) is 21.3 Å². The fourth-order valence-electron chi connectivity index (χ4n) is 7.28. The first-order valence-electron chi connectivity index (χ1n) is 21.4. The fraction of sp³-hybridized carbons (Fsp3) is 0.881. The van der Waals surface area contributed by atoms with Crippen LogP contribution in [0.2, 0.25) is 0 Å². The Morgan fingerprint density at radius 3 is 1.60 bits per heavy atom. The Balaban J connectivity index is 2.02. The molecule has 13 atom stereocenters. The van der Waals surface area contributed by atoms with E-state index in [0.29, 0.717) is 12.8 Å². The Kier molecular flexibility index (Phi) is 18.1. The number of rotatable bonds is 11. The minimum Gasteiger partial charge on any atom is -0.455 e. The van der Waals surface area contributed by atoms with Gasteiger partial charge in [-0.05, 0) is 115 Å². The molecule has 2 saturated heterocycles. The highest BCUT2D eigenvalue weighted by atomic mass is 16.7. The van der Waals surface area contributed by atoms with Gasteiger partial charge in [0.25, 0.3) is 0 Å². The van der Waals surface area contributed by atoms with Crippen molar-refractivity contribution >= 4 is 30.3 Å². The van der Waals surface area contributed by atoms with Gasteiger partial charge in [0.15, 0.2) is 18.7 Å². The first-order valence-corrected chi connectivity index (χ1v) is 21.4. The Morgan fingerprint density at radius 1 is 0.613 bits per heavy atom. The van der Waals surface area contributed by atoms with Crippen LogP contribution in [-0.2, 0) is 47.4 Å². The molecule has 0 radical (unpaired) electrons. The summed E-state index contributed by atoms with van der Waals surface area (Å²) in [5.41, 5.74) is -3.35. The van der Waals surface area contributed by atoms with Crippen LogP contribution in [0, 0.1) is 5.92 Å². The van der Waals surface area contributed by atoms with Crippen LogP contribution < -0.4 is 21.3 Å². The van der Waals surface area contributed by atoms with E-state index in [-0.39, 0.29) is 19.4 Å². The first-order chi connectivity index (χ1) is 28.3. The molecule has 1 saturated carbocycles. The van der Waals surface area contributed by atoms with Crippen molar-refractivity contribution in [2.24, 2.45) is 5.92 Å². The normalized spacial score (nSPS) is 32.0. The molecule has 0 aromatic carbocycles. The summed E-state index contributed by atoms with van der Waals surface area (Å²) in [5, 5.41) is 34.7. The van der Waals surface area contributed by atoms with Crippen LogP contribution in [0.15, 0.2) is 0 Å². The average Bonchev–Trinajstić information content (AvgIpc) is 3.07. The molecule has 2 aliphatic heterocycles. The quantitative estimate of drug-likeness (QED) is 0.125. The number of hydrogen-bond donors (Lipinski definition) is 6. The molecule has 1 aliphatic carbocycles. The standard InChI is InChI=1S/C42H74N4O16/c1-16-26-28(48)27(46-38(53)62-42(13,14)15)32(54-22(3)47)34(56-26)57-30-21(2)19-25(45-37(52)61-41(10,11)12)31(29(30)49)58-33-24(44-36(51)60-40(7,8)9)18-17-23(55-33)20-43-35(50)59-39(4,5)6/h21,23-34,48-49H,16-20H2,1-15H3,(H,43,50)(H,44,51)(H,45,52)(H,46,53)/t21-,23?,24?,25+,26?,27+,28-,29?,30+,31?,32?,33-,34-/m1/s1. The summed E-state index contributed by atoms with van der Waals surface area (Å²) in [6.45, 7) is 25.1. The molecule has 3 aliphatic rings. The molecule has 62 heavy (non-hydrogen) atoms. The summed E-state index contributed by atoms with van der Waals surface area (Å²) in [6.07, 6.45) is -13.1. The minimum absolute atomic E-state index is 0.0169. The Bertz CT molecular complexity index is 1520. The largest absolute Gasteiger partial charge is 0.455 e. The van der Waals surface area contributed by atoms with Crippen LogP contribution in [0.5, 0.6) is 0 Å². The van der Waals surface area contributed by atoms with Gasteiger partial charge in [-0.15, -0.1) is 0 Å². The van der Waals surface area contributed by atoms with E-state index in [2.05, 4.69) is 21.3 Å². The maximum Gasteiger partial charge on any atom is 0.408 e. The van der Waals surface area contributed by atoms with Crippen LogP contribution >= 0.6 is 0 Å². The highest BCUT2D eigenvalue weighted by Gasteiger charge is 2.53. The lowest BCUT2D eigenvalue weighted by molar-refractivity contribution is -0.318. The third-order valence-corrected chi connectivity index (χ3v) is 9.64. The predicted molar refractivity (Wildman–Crippen MR) is 222 cm³/mol. The maximum atomic E-state index is 13.3. The van der Waals surface area contributed by atoms with Crippen LogP contribution in [-0.4, -0.2) is 143 Å². The zero-order valence-corrected chi connectivity index (χ0v) is 39.2. The Labute approximate surface area is 365 Å². The zero-order chi connectivity index (χ0) is 47.1. The molecule has 358 valence electrons. The summed E-state index contributed by atoms with van der Waals surface area (Å²) in [5.74, 6) is -1.32. The number of nitrogens with one attached hydrogen (secondary N) is 4. The van der Waals surface area contributed by atoms with Gasteiger partial charge in [0.1, 0.15) is 46.8 Å². The second kappa shape index (κ2) is 21.3. The van der Waals surface area contributed by atoms with E-state index < -0.39 is 132 Å². The number of aliphatic hydroxyl groups excluding tert-OH is 2. The third-order valence-electron chi connectivity index (χ3n) is 9.64. The molecular weight excluding hydrogens is 816 g/mol. The number of esters is 1. The fourth-order valence-corrected chi connectivity index (χ4v) is 7.28. The van der Waals surface area contributed by atoms with Crippen molar-refractivity contribution in [3.05, 3.63) is 0 Å².